The van der Waals surface area contributed by atoms with Crippen LogP contribution in [-0.2, 0) is 0 Å². The third-order valence-corrected chi connectivity index (χ3v) is 8.95. The van der Waals surface area contributed by atoms with Gasteiger partial charge in [0, 0.05) is 5.33 Å². The van der Waals surface area contributed by atoms with Crippen molar-refractivity contribution in [3.05, 3.63) is 94.2 Å². The molecule has 53 heavy (non-hydrogen) atoms. The molecule has 0 bridgehead atoms. The number of nitrogens with zero attached hydrogens (tertiary/aromatic N) is 1. The van der Waals surface area contributed by atoms with Gasteiger partial charge in [-0.25, -0.2) is 0 Å². The second-order valence-corrected chi connectivity index (χ2v) is 30.6. The minimum atomic E-state index is -0.738. The minimum absolute atomic E-state index is 0.183. The van der Waals surface area contributed by atoms with Crippen molar-refractivity contribution in [2.75, 3.05) is 25.0 Å². The summed E-state index contributed by atoms with van der Waals surface area (Å²) in [5.74, 6) is 0. The lowest BCUT2D eigenvalue weighted by atomic mass is 9.99. The van der Waals surface area contributed by atoms with Crippen LogP contribution in [0.1, 0.15) is 167 Å². The Labute approximate surface area is 365 Å². The van der Waals surface area contributed by atoms with E-state index in [-0.39, 0.29) is 4.03 Å². The van der Waals surface area contributed by atoms with Crippen molar-refractivity contribution in [2.45, 2.75) is 173 Å². The molecule has 0 aromatic rings. The topological polar surface area (TPSA) is 23.5 Å². The Balaban J connectivity index is -0.000000353. The van der Waals surface area contributed by atoms with Gasteiger partial charge in [0.05, 0.1) is 5.60 Å². The summed E-state index contributed by atoms with van der Waals surface area (Å²) in [7, 11) is 0. The lowest BCUT2D eigenvalue weighted by Gasteiger charge is -2.16. The molecule has 0 aromatic carbocycles. The first-order valence-corrected chi connectivity index (χ1v) is 28.3. The van der Waals surface area contributed by atoms with Crippen LogP contribution in [0.3, 0.4) is 0 Å². The zero-order valence-electron chi connectivity index (χ0n) is 36.5. The van der Waals surface area contributed by atoms with Crippen LogP contribution in [0.2, 0.25) is 0 Å². The molecule has 0 saturated heterocycles. The Morgan fingerprint density at radius 2 is 0.811 bits per heavy atom. The van der Waals surface area contributed by atoms with Crippen molar-refractivity contribution in [3.8, 4) is 0 Å². The van der Waals surface area contributed by atoms with E-state index in [0.29, 0.717) is 0 Å². The molecule has 1 unspecified atom stereocenters. The van der Waals surface area contributed by atoms with E-state index in [9.17, 15) is 5.11 Å². The summed E-state index contributed by atoms with van der Waals surface area (Å²) in [5.41, 5.74) is 9.50. The van der Waals surface area contributed by atoms with Gasteiger partial charge in [-0.2, -0.15) is 0 Å². The quantitative estimate of drug-likeness (QED) is 0.0626. The minimum Gasteiger partial charge on any atom is -0.386 e. The van der Waals surface area contributed by atoms with Gasteiger partial charge >= 0.3 is 0 Å². The number of allylic oxidation sites excluding steroid dienone is 14. The molecular weight excluding hydrogens is 933 g/mol. The van der Waals surface area contributed by atoms with Gasteiger partial charge in [-0.15, -0.1) is 6.58 Å². The molecule has 0 aliphatic heterocycles. The van der Waals surface area contributed by atoms with E-state index in [0.717, 1.165) is 43.9 Å². The van der Waals surface area contributed by atoms with Crippen molar-refractivity contribution in [3.63, 3.8) is 0 Å². The predicted octanol–water partition coefficient (Wildman–Crippen LogP) is 18.4. The molecule has 2 nitrogen and oxygen atoms in total. The predicted molar refractivity (Wildman–Crippen MR) is 265 cm³/mol. The van der Waals surface area contributed by atoms with Crippen molar-refractivity contribution in [1.82, 2.24) is 4.90 Å². The molecular formula is C46H82Br4NOP. The fourth-order valence-electron chi connectivity index (χ4n) is 4.84. The highest BCUT2D eigenvalue weighted by atomic mass is 80.0. The van der Waals surface area contributed by atoms with Gasteiger partial charge in [0.1, 0.15) is 4.03 Å². The van der Waals surface area contributed by atoms with E-state index in [1.807, 2.05) is 6.92 Å². The van der Waals surface area contributed by atoms with Crippen LogP contribution in [0.5, 0.6) is 0 Å². The summed E-state index contributed by atoms with van der Waals surface area (Å²) in [4.78, 5) is 2.38. The maximum atomic E-state index is 9.84. The van der Waals surface area contributed by atoms with Gasteiger partial charge in [-0.3, -0.25) is 0 Å². The van der Waals surface area contributed by atoms with Crippen molar-refractivity contribution < 1.29 is 5.11 Å². The van der Waals surface area contributed by atoms with Gasteiger partial charge in [0.15, 0.2) is 0 Å². The lowest BCUT2D eigenvalue weighted by Crippen LogP contribution is -2.21. The van der Waals surface area contributed by atoms with Crippen LogP contribution < -0.4 is 0 Å². The summed E-state index contributed by atoms with van der Waals surface area (Å²) < 4.78 is -0.183. The monoisotopic (exact) mass is 1010 g/mol. The van der Waals surface area contributed by atoms with Gasteiger partial charge in [0.25, 0.3) is 0 Å². The molecule has 1 atom stereocenters. The molecule has 310 valence electrons. The van der Waals surface area contributed by atoms with Gasteiger partial charge in [-0.05, 0) is 212 Å². The van der Waals surface area contributed by atoms with E-state index in [1.165, 1.54) is 97.2 Å². The van der Waals surface area contributed by atoms with Crippen LogP contribution in [0.15, 0.2) is 94.2 Å². The molecule has 1 N–H and O–H groups in total. The second-order valence-electron chi connectivity index (χ2n) is 14.6. The molecule has 0 heterocycles. The third-order valence-electron chi connectivity index (χ3n) is 8.63. The average Bonchev–Trinajstić information content (AvgIpc) is 3.05. The van der Waals surface area contributed by atoms with Crippen molar-refractivity contribution in [1.29, 1.82) is 0 Å². The molecule has 0 radical (unpaired) electrons. The first-order chi connectivity index (χ1) is 24.8. The highest BCUT2D eigenvalue weighted by Gasteiger charge is 2.13. The summed E-state index contributed by atoms with van der Waals surface area (Å²) in [6.07, 6.45) is 31.2. The number of rotatable bonds is 23. The standard InChI is InChI=1S/C20H33Br.C20H34O.C6H15N.Br3P/c1-17(2)9-6-10-18(3)11-7-12-19(4)13-8-14-20(5)15-16-21;1-7-20(6,21)16-10-15-19(5)14-9-13-18(4)12-8-11-17(2)3;1-4-7(5-2)6-3;1-4(2)3/h9,11,13,15H,6-8,10,12,14,16H2,1-5H3;7,11,13,15,21H,1,8-10,12,14,16H2,2-6H3;4-6H2,1-3H3;/b18-11+,19-13+,20-15+;18-13+,19-15+;;. The SMILES string of the molecule is BrP(Br)Br.C=CC(C)(O)CC/C=C(\C)CC/C=C(\C)CCC=C(C)C.CC(C)=CCC/C(C)=C/CC/C(C)=C/CC/C(C)=C/CBr.CCN(CC)CC. The number of hydrogen-bond donors (Lipinski definition) is 1. The summed E-state index contributed by atoms with van der Waals surface area (Å²) in [5, 5.41) is 10.8. The van der Waals surface area contributed by atoms with E-state index in [4.69, 9.17) is 0 Å². The highest BCUT2D eigenvalue weighted by Crippen LogP contribution is 2.59. The Morgan fingerprint density at radius 1 is 0.547 bits per heavy atom. The molecule has 0 aromatic heterocycles. The van der Waals surface area contributed by atoms with E-state index in [2.05, 4.69) is 199 Å². The highest BCUT2D eigenvalue weighted by molar-refractivity contribution is 9.93. The molecule has 0 aliphatic carbocycles. The van der Waals surface area contributed by atoms with Crippen molar-refractivity contribution >= 4 is 66.4 Å². The van der Waals surface area contributed by atoms with Crippen LogP contribution in [0.25, 0.3) is 0 Å². The molecule has 0 saturated carbocycles. The second kappa shape index (κ2) is 41.8. The summed E-state index contributed by atoms with van der Waals surface area (Å²) in [6, 6.07) is 0. The zero-order valence-corrected chi connectivity index (χ0v) is 43.7. The zero-order chi connectivity index (χ0) is 41.7. The number of aliphatic hydroxyl groups is 1. The summed E-state index contributed by atoms with van der Waals surface area (Å²) >= 11 is 12.9. The Bertz CT molecular complexity index is 1090. The first kappa shape index (κ1) is 59.9. The van der Waals surface area contributed by atoms with Gasteiger partial charge < -0.3 is 10.0 Å². The van der Waals surface area contributed by atoms with E-state index >= 15 is 0 Å². The van der Waals surface area contributed by atoms with E-state index in [1.54, 1.807) is 6.08 Å². The Hall–Kier alpha value is 0.190. The van der Waals surface area contributed by atoms with Crippen molar-refractivity contribution in [2.24, 2.45) is 0 Å². The molecule has 0 fully saturated rings. The number of alkyl halides is 1. The van der Waals surface area contributed by atoms with Crippen LogP contribution >= 0.6 is 66.4 Å². The maximum Gasteiger partial charge on any atom is 0.103 e. The molecule has 0 rings (SSSR count). The lowest BCUT2D eigenvalue weighted by molar-refractivity contribution is 0.103. The van der Waals surface area contributed by atoms with Crippen LogP contribution in [0, 0.1) is 0 Å². The first-order valence-electron chi connectivity index (χ1n) is 19.8. The molecule has 7 heteroatoms. The fourth-order valence-corrected chi connectivity index (χ4v) is 5.39. The number of hydrogen-bond acceptors (Lipinski definition) is 2. The van der Waals surface area contributed by atoms with Gasteiger partial charge in [-0.1, -0.05) is 124 Å². The summed E-state index contributed by atoms with van der Waals surface area (Å²) in [6.45, 7) is 35.3. The Kier molecular flexibility index (Phi) is 47.2. The third kappa shape index (κ3) is 54.3. The van der Waals surface area contributed by atoms with Gasteiger partial charge in [0.2, 0.25) is 0 Å². The van der Waals surface area contributed by atoms with Crippen LogP contribution in [0.4, 0.5) is 0 Å². The smallest absolute Gasteiger partial charge is 0.103 e. The Morgan fingerprint density at radius 3 is 1.04 bits per heavy atom. The normalized spacial score (nSPS) is 13.5. The maximum absolute atomic E-state index is 9.84. The fraction of sp³-hybridized carbons (Fsp3) is 0.652. The van der Waals surface area contributed by atoms with E-state index < -0.39 is 5.60 Å². The average molecular weight is 1020 g/mol. The molecule has 0 amide bonds. The molecule has 0 aliphatic rings. The number of halogens is 4. The largest absolute Gasteiger partial charge is 0.386 e. The van der Waals surface area contributed by atoms with Crippen LogP contribution in [-0.4, -0.2) is 40.6 Å². The molecule has 0 spiro atoms.